The molecular weight excluding hydrogens is 290 g/mol. The van der Waals surface area contributed by atoms with Crippen LogP contribution in [0.5, 0.6) is 0 Å². The van der Waals surface area contributed by atoms with Crippen molar-refractivity contribution in [3.8, 4) is 0 Å². The molecule has 0 aromatic carbocycles. The van der Waals surface area contributed by atoms with Crippen LogP contribution in [-0.4, -0.2) is 41.1 Å². The molecule has 1 saturated carbocycles. The minimum absolute atomic E-state index is 0.310. The Morgan fingerprint density at radius 2 is 1.78 bits per heavy atom. The first-order chi connectivity index (χ1) is 8.63. The summed E-state index contributed by atoms with van der Waals surface area (Å²) in [6, 6.07) is 0.579. The Balaban J connectivity index is 2.61. The molecule has 108 valence electrons. The quantitative estimate of drug-likeness (QED) is 0.569. The Hall–Kier alpha value is 0.400. The number of hydrogen-bond donors (Lipinski definition) is 1. The molecule has 0 aliphatic heterocycles. The van der Waals surface area contributed by atoms with E-state index >= 15 is 0 Å². The minimum atomic E-state index is 0.310. The van der Waals surface area contributed by atoms with Gasteiger partial charge in [-0.15, -0.1) is 0 Å². The molecule has 0 bridgehead atoms. The van der Waals surface area contributed by atoms with Crippen molar-refractivity contribution in [2.45, 2.75) is 64.8 Å². The molecule has 0 unspecified atom stereocenters. The summed E-state index contributed by atoms with van der Waals surface area (Å²) in [6.07, 6.45) is 9.22. The fraction of sp³-hybridized carbons (Fsp3) is 1.00. The monoisotopic (exact) mass is 319 g/mol. The van der Waals surface area contributed by atoms with Gasteiger partial charge in [-0.2, -0.15) is 0 Å². The van der Waals surface area contributed by atoms with E-state index in [4.69, 9.17) is 5.11 Å². The van der Waals surface area contributed by atoms with Crippen molar-refractivity contribution in [1.82, 2.24) is 4.90 Å². The zero-order valence-corrected chi connectivity index (χ0v) is 13.7. The number of nitrogens with zero attached hydrogens (tertiary/aromatic N) is 1. The van der Waals surface area contributed by atoms with Gasteiger partial charge in [0.15, 0.2) is 0 Å². The highest BCUT2D eigenvalue weighted by atomic mass is 79.9. The highest BCUT2D eigenvalue weighted by Crippen LogP contribution is 2.37. The lowest BCUT2D eigenvalue weighted by molar-refractivity contribution is 0.114. The second-order valence-corrected chi connectivity index (χ2v) is 6.75. The molecule has 0 heterocycles. The van der Waals surface area contributed by atoms with E-state index in [1.165, 1.54) is 45.1 Å². The van der Waals surface area contributed by atoms with E-state index in [0.717, 1.165) is 18.3 Å². The van der Waals surface area contributed by atoms with E-state index in [-0.39, 0.29) is 0 Å². The molecule has 3 heteroatoms. The molecule has 0 aromatic rings. The van der Waals surface area contributed by atoms with Crippen LogP contribution >= 0.6 is 15.9 Å². The Morgan fingerprint density at radius 1 is 1.17 bits per heavy atom. The lowest BCUT2D eigenvalue weighted by Gasteiger charge is -2.38. The number of aliphatic hydroxyl groups excluding tert-OH is 1. The van der Waals surface area contributed by atoms with E-state index in [0.29, 0.717) is 18.1 Å². The summed E-state index contributed by atoms with van der Waals surface area (Å²) < 4.78 is 0. The van der Waals surface area contributed by atoms with Crippen LogP contribution in [0.25, 0.3) is 0 Å². The second kappa shape index (κ2) is 8.55. The summed E-state index contributed by atoms with van der Waals surface area (Å²) >= 11 is 3.77. The van der Waals surface area contributed by atoms with Crippen molar-refractivity contribution in [1.29, 1.82) is 0 Å². The lowest BCUT2D eigenvalue weighted by Crippen LogP contribution is -2.43. The molecule has 0 spiro atoms. The average Bonchev–Trinajstić information content (AvgIpc) is 2.60. The molecule has 18 heavy (non-hydrogen) atoms. The Bertz CT molecular complexity index is 213. The molecule has 1 aliphatic rings. The van der Waals surface area contributed by atoms with Crippen LogP contribution < -0.4 is 0 Å². The summed E-state index contributed by atoms with van der Waals surface area (Å²) in [5.41, 5.74) is 0.468. The van der Waals surface area contributed by atoms with Crippen molar-refractivity contribution < 1.29 is 5.11 Å². The Morgan fingerprint density at radius 3 is 2.22 bits per heavy atom. The molecule has 0 aromatic heterocycles. The first-order valence-corrected chi connectivity index (χ1v) is 8.66. The van der Waals surface area contributed by atoms with E-state index < -0.39 is 0 Å². The predicted molar refractivity (Wildman–Crippen MR) is 82.3 cm³/mol. The van der Waals surface area contributed by atoms with Crippen LogP contribution in [0.3, 0.4) is 0 Å². The maximum Gasteiger partial charge on any atom is 0.0443 e. The summed E-state index contributed by atoms with van der Waals surface area (Å²) in [6.45, 7) is 7.08. The van der Waals surface area contributed by atoms with Gasteiger partial charge in [-0.1, -0.05) is 41.6 Å². The second-order valence-electron chi connectivity index (χ2n) is 6.19. The number of hydrogen-bond acceptors (Lipinski definition) is 2. The zero-order chi connectivity index (χ0) is 13.4. The van der Waals surface area contributed by atoms with Crippen LogP contribution in [0.2, 0.25) is 0 Å². The first-order valence-electron chi connectivity index (χ1n) is 7.54. The normalized spacial score (nSPS) is 20.3. The third-order valence-corrected chi connectivity index (χ3v) is 5.51. The lowest BCUT2D eigenvalue weighted by atomic mass is 9.81. The van der Waals surface area contributed by atoms with E-state index in [2.05, 4.69) is 34.7 Å². The van der Waals surface area contributed by atoms with Crippen molar-refractivity contribution in [3.05, 3.63) is 0 Å². The third-order valence-electron chi connectivity index (χ3n) is 4.32. The Labute approximate surface area is 121 Å². The van der Waals surface area contributed by atoms with Crippen LogP contribution in [0.15, 0.2) is 0 Å². The van der Waals surface area contributed by atoms with Crippen molar-refractivity contribution in [2.75, 3.05) is 25.0 Å². The maximum absolute atomic E-state index is 9.03. The molecular formula is C15H30BrNO. The molecule has 1 rings (SSSR count). The van der Waals surface area contributed by atoms with Crippen LogP contribution in [-0.2, 0) is 0 Å². The van der Waals surface area contributed by atoms with Gasteiger partial charge in [-0.25, -0.2) is 0 Å². The van der Waals surface area contributed by atoms with Gasteiger partial charge in [-0.3, -0.25) is 0 Å². The first kappa shape index (κ1) is 16.5. The summed E-state index contributed by atoms with van der Waals surface area (Å²) in [4.78, 5) is 2.56. The zero-order valence-electron chi connectivity index (χ0n) is 12.1. The summed E-state index contributed by atoms with van der Waals surface area (Å²) in [5, 5.41) is 10.2. The van der Waals surface area contributed by atoms with E-state index in [1.54, 1.807) is 0 Å². The highest BCUT2D eigenvalue weighted by molar-refractivity contribution is 9.09. The van der Waals surface area contributed by atoms with Gasteiger partial charge in [0.05, 0.1) is 0 Å². The van der Waals surface area contributed by atoms with Gasteiger partial charge >= 0.3 is 0 Å². The molecule has 2 nitrogen and oxygen atoms in total. The maximum atomic E-state index is 9.03. The minimum Gasteiger partial charge on any atom is -0.396 e. The molecule has 0 atom stereocenters. The van der Waals surface area contributed by atoms with Crippen molar-refractivity contribution in [3.63, 3.8) is 0 Å². The number of alkyl halides is 1. The molecule has 1 aliphatic carbocycles. The van der Waals surface area contributed by atoms with Gasteiger partial charge in [0, 0.05) is 31.1 Å². The fourth-order valence-electron chi connectivity index (χ4n) is 3.04. The topological polar surface area (TPSA) is 23.5 Å². The largest absolute Gasteiger partial charge is 0.396 e. The molecule has 0 amide bonds. The number of aliphatic hydroxyl groups is 1. The van der Waals surface area contributed by atoms with E-state index in [9.17, 15) is 0 Å². The smallest absolute Gasteiger partial charge is 0.0443 e. The van der Waals surface area contributed by atoms with Gasteiger partial charge < -0.3 is 10.0 Å². The van der Waals surface area contributed by atoms with E-state index in [1.807, 2.05) is 0 Å². The number of rotatable bonds is 7. The molecule has 1 N–H and O–H groups in total. The summed E-state index contributed by atoms with van der Waals surface area (Å²) in [5.74, 6) is 0. The summed E-state index contributed by atoms with van der Waals surface area (Å²) in [7, 11) is 0. The third kappa shape index (κ3) is 5.18. The SMILES string of the molecule is CC(C)N(CCCO)CC1(CBr)CCCCCC1. The predicted octanol–water partition coefficient (Wildman–Crippen LogP) is 3.81. The number of halogens is 1. The van der Waals surface area contributed by atoms with Crippen molar-refractivity contribution >= 4 is 15.9 Å². The standard InChI is InChI=1S/C15H30BrNO/c1-14(2)17(10-7-11-18)13-15(12-16)8-5-3-4-6-9-15/h14,18H,3-13H2,1-2H3. The van der Waals surface area contributed by atoms with Gasteiger partial charge in [0.2, 0.25) is 0 Å². The fourth-order valence-corrected chi connectivity index (χ4v) is 3.78. The van der Waals surface area contributed by atoms with Gasteiger partial charge in [-0.05, 0) is 38.5 Å². The van der Waals surface area contributed by atoms with Gasteiger partial charge in [0.1, 0.15) is 0 Å². The molecule has 1 fully saturated rings. The van der Waals surface area contributed by atoms with Crippen molar-refractivity contribution in [2.24, 2.45) is 5.41 Å². The van der Waals surface area contributed by atoms with Crippen LogP contribution in [0.4, 0.5) is 0 Å². The average molecular weight is 320 g/mol. The van der Waals surface area contributed by atoms with Crippen LogP contribution in [0.1, 0.15) is 58.8 Å². The Kier molecular flexibility index (Phi) is 7.81. The van der Waals surface area contributed by atoms with Crippen LogP contribution in [0, 0.1) is 5.41 Å². The van der Waals surface area contributed by atoms with Gasteiger partial charge in [0.25, 0.3) is 0 Å². The molecule has 0 radical (unpaired) electrons. The highest BCUT2D eigenvalue weighted by Gasteiger charge is 2.32. The molecule has 0 saturated heterocycles.